The molecule has 120 valence electrons. The highest BCUT2D eigenvalue weighted by molar-refractivity contribution is 5.89. The van der Waals surface area contributed by atoms with Gasteiger partial charge in [0.1, 0.15) is 11.3 Å². The summed E-state index contributed by atoms with van der Waals surface area (Å²) < 4.78 is 10.7. The number of benzene rings is 2. The van der Waals surface area contributed by atoms with E-state index in [1.54, 1.807) is 0 Å². The van der Waals surface area contributed by atoms with Gasteiger partial charge in [-0.2, -0.15) is 0 Å². The highest BCUT2D eigenvalue weighted by atomic mass is 16.7. The molecule has 0 atom stereocenters. The van der Waals surface area contributed by atoms with Crippen LogP contribution in [-0.2, 0) is 0 Å². The molecule has 0 saturated heterocycles. The van der Waals surface area contributed by atoms with Crippen LogP contribution in [0.5, 0.6) is 17.2 Å². The molecule has 4 rings (SSSR count). The van der Waals surface area contributed by atoms with Crippen LogP contribution in [0.15, 0.2) is 36.4 Å². The molecule has 0 spiro atoms. The number of rotatable bonds is 2. The number of aryl methyl sites for hydroxylation is 2. The van der Waals surface area contributed by atoms with Crippen LogP contribution in [-0.4, -0.2) is 16.9 Å². The zero-order valence-electron chi connectivity index (χ0n) is 13.5. The van der Waals surface area contributed by atoms with Crippen LogP contribution >= 0.6 is 0 Å². The van der Waals surface area contributed by atoms with Gasteiger partial charge in [-0.25, -0.2) is 4.98 Å². The minimum absolute atomic E-state index is 0.244. The number of fused-ring (bicyclic) bond motifs is 2. The fourth-order valence-electron chi connectivity index (χ4n) is 2.92. The molecule has 0 radical (unpaired) electrons. The average Bonchev–Trinajstić information content (AvgIpc) is 3.05. The van der Waals surface area contributed by atoms with Crippen LogP contribution in [0.1, 0.15) is 22.4 Å². The van der Waals surface area contributed by atoms with Crippen LogP contribution in [0, 0.1) is 13.8 Å². The summed E-state index contributed by atoms with van der Waals surface area (Å²) in [5.41, 5.74) is 4.38. The molecule has 2 heterocycles. The first kappa shape index (κ1) is 14.6. The number of aromatic nitrogens is 1. The maximum absolute atomic E-state index is 10.3. The van der Waals surface area contributed by atoms with Gasteiger partial charge in [-0.3, -0.25) is 0 Å². The molecular formula is C20H17NO3. The predicted molar refractivity (Wildman–Crippen MR) is 94.4 cm³/mol. The molecule has 2 aromatic carbocycles. The fraction of sp³-hybridized carbons (Fsp3) is 0.150. The van der Waals surface area contributed by atoms with E-state index in [0.29, 0.717) is 5.52 Å². The second-order valence-corrected chi connectivity index (χ2v) is 5.94. The third kappa shape index (κ3) is 2.46. The minimum atomic E-state index is 0.244. The molecule has 1 aromatic heterocycles. The van der Waals surface area contributed by atoms with Crippen molar-refractivity contribution in [2.24, 2.45) is 0 Å². The zero-order valence-corrected chi connectivity index (χ0v) is 13.5. The summed E-state index contributed by atoms with van der Waals surface area (Å²) >= 11 is 0. The summed E-state index contributed by atoms with van der Waals surface area (Å²) in [7, 11) is 0. The largest absolute Gasteiger partial charge is 0.505 e. The first-order valence-corrected chi connectivity index (χ1v) is 7.79. The molecule has 0 aliphatic carbocycles. The summed E-state index contributed by atoms with van der Waals surface area (Å²) in [5, 5.41) is 11.3. The van der Waals surface area contributed by atoms with Crippen molar-refractivity contribution in [3.05, 3.63) is 58.8 Å². The number of phenols is 1. The Hall–Kier alpha value is -3.01. The summed E-state index contributed by atoms with van der Waals surface area (Å²) in [6.07, 6.45) is 3.89. The number of pyridine rings is 1. The smallest absolute Gasteiger partial charge is 0.231 e. The van der Waals surface area contributed by atoms with Gasteiger partial charge < -0.3 is 14.6 Å². The number of hydrogen-bond donors (Lipinski definition) is 1. The third-order valence-electron chi connectivity index (χ3n) is 4.22. The van der Waals surface area contributed by atoms with Crippen molar-refractivity contribution in [1.29, 1.82) is 0 Å². The topological polar surface area (TPSA) is 51.6 Å². The summed E-state index contributed by atoms with van der Waals surface area (Å²) in [5.74, 6) is 1.77. The fourth-order valence-corrected chi connectivity index (χ4v) is 2.92. The van der Waals surface area contributed by atoms with Gasteiger partial charge >= 0.3 is 0 Å². The Morgan fingerprint density at radius 3 is 2.67 bits per heavy atom. The van der Waals surface area contributed by atoms with E-state index in [9.17, 15) is 5.11 Å². The standard InChI is InChI=1S/C20H17NO3/c1-12-9-13(2)20(22)19-16(12)7-6-15(21-19)5-3-14-4-8-17-18(10-14)24-11-23-17/h3-10,22H,11H2,1-2H3/b5-3+. The summed E-state index contributed by atoms with van der Waals surface area (Å²) in [6, 6.07) is 11.7. The van der Waals surface area contributed by atoms with Crippen molar-refractivity contribution in [3.63, 3.8) is 0 Å². The molecule has 3 aromatic rings. The average molecular weight is 319 g/mol. The molecule has 24 heavy (non-hydrogen) atoms. The molecule has 1 aliphatic rings. The molecule has 4 nitrogen and oxygen atoms in total. The molecule has 0 bridgehead atoms. The van der Waals surface area contributed by atoms with Crippen LogP contribution < -0.4 is 9.47 Å². The highest BCUT2D eigenvalue weighted by Gasteiger charge is 2.12. The molecule has 0 unspecified atom stereocenters. The van der Waals surface area contributed by atoms with Crippen LogP contribution in [0.2, 0.25) is 0 Å². The predicted octanol–water partition coefficient (Wildman–Crippen LogP) is 4.46. The summed E-state index contributed by atoms with van der Waals surface area (Å²) in [4.78, 5) is 4.59. The Morgan fingerprint density at radius 1 is 0.958 bits per heavy atom. The van der Waals surface area contributed by atoms with Gasteiger partial charge in [0.15, 0.2) is 11.5 Å². The SMILES string of the molecule is Cc1cc(C)c2ccc(/C=C/c3ccc4c(c3)OCO4)nc2c1O. The van der Waals surface area contributed by atoms with Gasteiger partial charge in [-0.05, 0) is 54.8 Å². The summed E-state index contributed by atoms with van der Waals surface area (Å²) in [6.45, 7) is 4.18. The van der Waals surface area contributed by atoms with E-state index in [1.807, 2.05) is 62.4 Å². The van der Waals surface area contributed by atoms with Crippen LogP contribution in [0.4, 0.5) is 0 Å². The first-order chi connectivity index (χ1) is 11.6. The van der Waals surface area contributed by atoms with E-state index in [1.165, 1.54) is 0 Å². The Bertz CT molecular complexity index is 976. The third-order valence-corrected chi connectivity index (χ3v) is 4.22. The number of phenolic OH excluding ortho intramolecular Hbond substituents is 1. The molecule has 0 fully saturated rings. The van der Waals surface area contributed by atoms with Crippen molar-refractivity contribution in [2.45, 2.75) is 13.8 Å². The van der Waals surface area contributed by atoms with Crippen LogP contribution in [0.25, 0.3) is 23.1 Å². The quantitative estimate of drug-likeness (QED) is 0.758. The highest BCUT2D eigenvalue weighted by Crippen LogP contribution is 2.33. The lowest BCUT2D eigenvalue weighted by Crippen LogP contribution is -1.92. The number of ether oxygens (including phenoxy) is 2. The lowest BCUT2D eigenvalue weighted by Gasteiger charge is -2.08. The lowest BCUT2D eigenvalue weighted by molar-refractivity contribution is 0.174. The van der Waals surface area contributed by atoms with E-state index in [4.69, 9.17) is 9.47 Å². The zero-order chi connectivity index (χ0) is 16.7. The van der Waals surface area contributed by atoms with Gasteiger partial charge in [0, 0.05) is 5.39 Å². The second-order valence-electron chi connectivity index (χ2n) is 5.94. The van der Waals surface area contributed by atoms with Crippen molar-refractivity contribution >= 4 is 23.1 Å². The normalized spacial score (nSPS) is 13.1. The lowest BCUT2D eigenvalue weighted by atomic mass is 10.0. The maximum Gasteiger partial charge on any atom is 0.231 e. The number of hydrogen-bond acceptors (Lipinski definition) is 4. The van der Waals surface area contributed by atoms with E-state index in [0.717, 1.165) is 39.3 Å². The van der Waals surface area contributed by atoms with E-state index in [-0.39, 0.29) is 12.5 Å². The van der Waals surface area contributed by atoms with Crippen molar-refractivity contribution in [1.82, 2.24) is 4.98 Å². The van der Waals surface area contributed by atoms with Gasteiger partial charge in [0.25, 0.3) is 0 Å². The Labute approximate surface area is 140 Å². The van der Waals surface area contributed by atoms with E-state index < -0.39 is 0 Å². The van der Waals surface area contributed by atoms with Crippen molar-refractivity contribution in [2.75, 3.05) is 6.79 Å². The van der Waals surface area contributed by atoms with Gasteiger partial charge in [-0.15, -0.1) is 0 Å². The maximum atomic E-state index is 10.3. The van der Waals surface area contributed by atoms with E-state index in [2.05, 4.69) is 4.98 Å². The Kier molecular flexibility index (Phi) is 3.38. The van der Waals surface area contributed by atoms with Crippen LogP contribution in [0.3, 0.4) is 0 Å². The Balaban J connectivity index is 1.71. The molecule has 4 heteroatoms. The monoisotopic (exact) mass is 319 g/mol. The molecule has 1 aliphatic heterocycles. The number of aromatic hydroxyl groups is 1. The second kappa shape index (κ2) is 5.57. The van der Waals surface area contributed by atoms with Crippen molar-refractivity contribution in [3.8, 4) is 17.2 Å². The Morgan fingerprint density at radius 2 is 1.79 bits per heavy atom. The van der Waals surface area contributed by atoms with Gasteiger partial charge in [0.05, 0.1) is 5.69 Å². The molecular weight excluding hydrogens is 302 g/mol. The van der Waals surface area contributed by atoms with Gasteiger partial charge in [-0.1, -0.05) is 24.3 Å². The minimum Gasteiger partial charge on any atom is -0.505 e. The molecule has 1 N–H and O–H groups in total. The molecule has 0 saturated carbocycles. The van der Waals surface area contributed by atoms with Crippen molar-refractivity contribution < 1.29 is 14.6 Å². The van der Waals surface area contributed by atoms with E-state index >= 15 is 0 Å². The molecule has 0 amide bonds. The van der Waals surface area contributed by atoms with Gasteiger partial charge in [0.2, 0.25) is 6.79 Å². The number of nitrogens with zero attached hydrogens (tertiary/aromatic N) is 1. The first-order valence-electron chi connectivity index (χ1n) is 7.79.